The second kappa shape index (κ2) is 7.59. The Morgan fingerprint density at radius 1 is 1.38 bits per heavy atom. The van der Waals surface area contributed by atoms with E-state index < -0.39 is 0 Å². The summed E-state index contributed by atoms with van der Waals surface area (Å²) in [6.45, 7) is 1.33. The maximum absolute atomic E-state index is 5.31. The van der Waals surface area contributed by atoms with Crippen LogP contribution in [0.25, 0.3) is 0 Å². The van der Waals surface area contributed by atoms with Crippen molar-refractivity contribution in [3.63, 3.8) is 0 Å². The van der Waals surface area contributed by atoms with E-state index in [-0.39, 0.29) is 6.04 Å². The molecule has 0 bridgehead atoms. The fourth-order valence-electron chi connectivity index (χ4n) is 2.30. The lowest BCUT2D eigenvalue weighted by Crippen LogP contribution is -2.23. The maximum Gasteiger partial charge on any atom is 0.119 e. The summed E-state index contributed by atoms with van der Waals surface area (Å²) in [6.07, 6.45) is 1.81. The van der Waals surface area contributed by atoms with Gasteiger partial charge in [-0.15, -0.1) is 0 Å². The van der Waals surface area contributed by atoms with E-state index in [4.69, 9.17) is 9.47 Å². The van der Waals surface area contributed by atoms with Crippen molar-refractivity contribution < 1.29 is 9.47 Å². The Balaban J connectivity index is 2.38. The minimum atomic E-state index is 0.0221. The van der Waals surface area contributed by atoms with Crippen LogP contribution in [0, 0.1) is 0 Å². The molecule has 0 saturated heterocycles. The summed E-state index contributed by atoms with van der Waals surface area (Å²) in [5, 5.41) is 7.75. The summed E-state index contributed by atoms with van der Waals surface area (Å²) < 4.78 is 13.4. The summed E-state index contributed by atoms with van der Waals surface area (Å²) >= 11 is 3.59. The molecule has 1 atom stereocenters. The molecule has 21 heavy (non-hydrogen) atoms. The molecule has 0 aliphatic rings. The summed E-state index contributed by atoms with van der Waals surface area (Å²) in [4.78, 5) is 0. The number of rotatable bonds is 7. The second-order valence-corrected chi connectivity index (χ2v) is 5.45. The van der Waals surface area contributed by atoms with Crippen molar-refractivity contribution >= 4 is 15.9 Å². The molecule has 1 N–H and O–H groups in total. The molecule has 1 aromatic heterocycles. The predicted molar refractivity (Wildman–Crippen MR) is 85.7 cm³/mol. The highest BCUT2D eigenvalue weighted by molar-refractivity contribution is 9.10. The first kappa shape index (κ1) is 16.0. The fourth-order valence-corrected chi connectivity index (χ4v) is 2.82. The van der Waals surface area contributed by atoms with Gasteiger partial charge in [-0.2, -0.15) is 5.10 Å². The first-order chi connectivity index (χ1) is 10.2. The summed E-state index contributed by atoms with van der Waals surface area (Å²) in [5.74, 6) is 0.840. The zero-order chi connectivity index (χ0) is 15.2. The molecule has 1 unspecified atom stereocenters. The number of methoxy groups -OCH3 is 2. The first-order valence-electron chi connectivity index (χ1n) is 6.72. The number of nitrogens with one attached hydrogen (secondary N) is 1. The van der Waals surface area contributed by atoms with Crippen LogP contribution >= 0.6 is 15.9 Å². The van der Waals surface area contributed by atoms with Gasteiger partial charge in [0.1, 0.15) is 5.75 Å². The van der Waals surface area contributed by atoms with Crippen molar-refractivity contribution in [2.45, 2.75) is 12.6 Å². The SMILES string of the molecule is CNC(c1cccc(OC)c1)c1c(Br)cnn1CCOC. The Morgan fingerprint density at radius 2 is 2.19 bits per heavy atom. The number of halogens is 1. The molecule has 2 aromatic rings. The standard InChI is InChI=1S/C15H20BrN3O2/c1-17-14(11-5-4-6-12(9-11)21-3)15-13(16)10-18-19(15)7-8-20-2/h4-6,9-10,14,17H,7-8H2,1-3H3. The van der Waals surface area contributed by atoms with E-state index in [1.165, 1.54) is 0 Å². The molecule has 0 aliphatic heterocycles. The Morgan fingerprint density at radius 3 is 2.86 bits per heavy atom. The number of ether oxygens (including phenoxy) is 2. The largest absolute Gasteiger partial charge is 0.497 e. The monoisotopic (exact) mass is 353 g/mol. The average molecular weight is 354 g/mol. The third-order valence-corrected chi connectivity index (χ3v) is 3.94. The molecule has 0 spiro atoms. The zero-order valence-electron chi connectivity index (χ0n) is 12.5. The fraction of sp³-hybridized carbons (Fsp3) is 0.400. The molecule has 0 aliphatic carbocycles. The van der Waals surface area contributed by atoms with E-state index in [9.17, 15) is 0 Å². The molecule has 1 aromatic carbocycles. The maximum atomic E-state index is 5.31. The summed E-state index contributed by atoms with van der Waals surface area (Å²) in [6, 6.07) is 8.05. The summed E-state index contributed by atoms with van der Waals surface area (Å²) in [7, 11) is 5.30. The van der Waals surface area contributed by atoms with Crippen molar-refractivity contribution in [3.05, 3.63) is 46.2 Å². The van der Waals surface area contributed by atoms with Crippen molar-refractivity contribution in [2.24, 2.45) is 0 Å². The molecule has 5 nitrogen and oxygen atoms in total. The van der Waals surface area contributed by atoms with Crippen LogP contribution in [0.1, 0.15) is 17.3 Å². The van der Waals surface area contributed by atoms with Gasteiger partial charge < -0.3 is 14.8 Å². The van der Waals surface area contributed by atoms with Gasteiger partial charge in [0.15, 0.2) is 0 Å². The highest BCUT2D eigenvalue weighted by atomic mass is 79.9. The third-order valence-electron chi connectivity index (χ3n) is 3.33. The molecule has 114 valence electrons. The second-order valence-electron chi connectivity index (χ2n) is 4.59. The minimum Gasteiger partial charge on any atom is -0.497 e. The average Bonchev–Trinajstić information content (AvgIpc) is 2.88. The third kappa shape index (κ3) is 3.64. The molecule has 2 rings (SSSR count). The lowest BCUT2D eigenvalue weighted by molar-refractivity contribution is 0.182. The van der Waals surface area contributed by atoms with Gasteiger partial charge in [-0.25, -0.2) is 0 Å². The van der Waals surface area contributed by atoms with Crippen LogP contribution in [0.5, 0.6) is 5.75 Å². The Bertz CT molecular complexity index is 586. The van der Waals surface area contributed by atoms with E-state index in [0.29, 0.717) is 13.2 Å². The van der Waals surface area contributed by atoms with Crippen molar-refractivity contribution in [2.75, 3.05) is 27.9 Å². The van der Waals surface area contributed by atoms with E-state index in [2.05, 4.69) is 32.4 Å². The van der Waals surface area contributed by atoms with E-state index in [0.717, 1.165) is 21.5 Å². The van der Waals surface area contributed by atoms with Gasteiger partial charge in [-0.3, -0.25) is 4.68 Å². The van der Waals surface area contributed by atoms with Crippen molar-refractivity contribution in [1.82, 2.24) is 15.1 Å². The molecular weight excluding hydrogens is 334 g/mol. The zero-order valence-corrected chi connectivity index (χ0v) is 14.1. The molecular formula is C15H20BrN3O2. The van der Waals surface area contributed by atoms with Crippen LogP contribution in [0.4, 0.5) is 0 Å². The van der Waals surface area contributed by atoms with Crippen LogP contribution in [0.15, 0.2) is 34.9 Å². The highest BCUT2D eigenvalue weighted by Gasteiger charge is 2.20. The first-order valence-corrected chi connectivity index (χ1v) is 7.52. The Kier molecular flexibility index (Phi) is 5.78. The van der Waals surface area contributed by atoms with Crippen molar-refractivity contribution in [3.8, 4) is 5.75 Å². The lowest BCUT2D eigenvalue weighted by Gasteiger charge is -2.20. The van der Waals surface area contributed by atoms with Crippen LogP contribution < -0.4 is 10.1 Å². The van der Waals surface area contributed by atoms with Gasteiger partial charge in [0.05, 0.1) is 42.7 Å². The number of benzene rings is 1. The van der Waals surface area contributed by atoms with Crippen LogP contribution in [0.2, 0.25) is 0 Å². The Labute approximate surface area is 133 Å². The van der Waals surface area contributed by atoms with Crippen molar-refractivity contribution in [1.29, 1.82) is 0 Å². The minimum absolute atomic E-state index is 0.0221. The Hall–Kier alpha value is -1.37. The van der Waals surface area contributed by atoms with E-state index in [1.54, 1.807) is 14.2 Å². The van der Waals surface area contributed by atoms with Gasteiger partial charge in [-0.05, 0) is 40.7 Å². The van der Waals surface area contributed by atoms with Crippen LogP contribution in [-0.2, 0) is 11.3 Å². The molecule has 0 radical (unpaired) electrons. The normalized spacial score (nSPS) is 12.4. The number of nitrogens with zero attached hydrogens (tertiary/aromatic N) is 2. The highest BCUT2D eigenvalue weighted by Crippen LogP contribution is 2.30. The van der Waals surface area contributed by atoms with E-state index in [1.807, 2.05) is 36.1 Å². The van der Waals surface area contributed by atoms with Gasteiger partial charge >= 0.3 is 0 Å². The number of hydrogen-bond acceptors (Lipinski definition) is 4. The molecule has 6 heteroatoms. The molecule has 0 saturated carbocycles. The van der Waals surface area contributed by atoms with Gasteiger partial charge in [0.25, 0.3) is 0 Å². The molecule has 0 fully saturated rings. The van der Waals surface area contributed by atoms with Gasteiger partial charge in [-0.1, -0.05) is 12.1 Å². The van der Waals surface area contributed by atoms with E-state index >= 15 is 0 Å². The molecule has 0 amide bonds. The summed E-state index contributed by atoms with van der Waals surface area (Å²) in [5.41, 5.74) is 2.19. The molecule has 1 heterocycles. The number of hydrogen-bond donors (Lipinski definition) is 1. The predicted octanol–water partition coefficient (Wildman–Crippen LogP) is 2.61. The van der Waals surface area contributed by atoms with Gasteiger partial charge in [0.2, 0.25) is 0 Å². The quantitative estimate of drug-likeness (QED) is 0.831. The van der Waals surface area contributed by atoms with Crippen LogP contribution in [-0.4, -0.2) is 37.7 Å². The topological polar surface area (TPSA) is 48.3 Å². The number of aromatic nitrogens is 2. The smallest absolute Gasteiger partial charge is 0.119 e. The van der Waals surface area contributed by atoms with Crippen LogP contribution in [0.3, 0.4) is 0 Å². The van der Waals surface area contributed by atoms with Gasteiger partial charge in [0, 0.05) is 7.11 Å². The lowest BCUT2D eigenvalue weighted by atomic mass is 10.0.